The molecule has 0 aromatic heterocycles. The fourth-order valence-corrected chi connectivity index (χ4v) is 3.74. The lowest BCUT2D eigenvalue weighted by Gasteiger charge is -2.48. The van der Waals surface area contributed by atoms with Gasteiger partial charge in [-0.2, -0.15) is 0 Å². The predicted molar refractivity (Wildman–Crippen MR) is 126 cm³/mol. The molecule has 7 atom stereocenters. The number of hydrogen-bond acceptors (Lipinski definition) is 7. The number of unbranched alkanes of at least 4 members (excludes halogenated alkanes) is 4. The van der Waals surface area contributed by atoms with Crippen LogP contribution in [-0.2, 0) is 23.7 Å². The first kappa shape index (κ1) is 29.8. The molecule has 0 amide bonds. The summed E-state index contributed by atoms with van der Waals surface area (Å²) < 4.78 is 31.1. The Morgan fingerprint density at radius 2 is 1.16 bits per heavy atom. The second kappa shape index (κ2) is 18.1. The maximum absolute atomic E-state index is 10.8. The molecule has 1 aliphatic heterocycles. The first-order chi connectivity index (χ1) is 15.5. The fourth-order valence-electron chi connectivity index (χ4n) is 3.74. The van der Waals surface area contributed by atoms with E-state index in [4.69, 9.17) is 23.7 Å². The van der Waals surface area contributed by atoms with Gasteiger partial charge in [-0.05, 0) is 32.6 Å². The average molecular weight is 463 g/mol. The molecular weight excluding hydrogens is 412 g/mol. The molecular formula is C25H50O7. The van der Waals surface area contributed by atoms with Crippen molar-refractivity contribution in [3.8, 4) is 0 Å². The van der Waals surface area contributed by atoms with Crippen molar-refractivity contribution in [2.24, 2.45) is 0 Å². The van der Waals surface area contributed by atoms with Crippen LogP contribution in [0.15, 0.2) is 0 Å². The molecule has 0 radical (unpaired) electrons. The Balaban J connectivity index is 3.14. The molecule has 0 saturated carbocycles. The van der Waals surface area contributed by atoms with Gasteiger partial charge in [0.1, 0.15) is 36.6 Å². The van der Waals surface area contributed by atoms with Gasteiger partial charge in [-0.3, -0.25) is 0 Å². The van der Waals surface area contributed by atoms with Gasteiger partial charge < -0.3 is 33.9 Å². The van der Waals surface area contributed by atoms with E-state index in [1.165, 1.54) is 0 Å². The van der Waals surface area contributed by atoms with E-state index < -0.39 is 36.6 Å². The number of hydrogen-bond donors (Lipinski definition) is 2. The van der Waals surface area contributed by atoms with Crippen molar-refractivity contribution in [1.29, 1.82) is 0 Å². The van der Waals surface area contributed by atoms with E-state index in [1.807, 2.05) is 0 Å². The summed E-state index contributed by atoms with van der Waals surface area (Å²) in [4.78, 5) is 0. The van der Waals surface area contributed by atoms with Crippen LogP contribution in [-0.4, -0.2) is 86.0 Å². The second-order valence-electron chi connectivity index (χ2n) is 8.87. The third-order valence-corrected chi connectivity index (χ3v) is 5.85. The van der Waals surface area contributed by atoms with Gasteiger partial charge in [0.25, 0.3) is 0 Å². The molecule has 2 N–H and O–H groups in total. The summed E-state index contributed by atoms with van der Waals surface area (Å²) in [6.45, 7) is 12.8. The molecule has 3 unspecified atom stereocenters. The maximum atomic E-state index is 10.8. The third-order valence-electron chi connectivity index (χ3n) is 5.85. The minimum Gasteiger partial charge on any atom is -0.391 e. The topological polar surface area (TPSA) is 86.6 Å². The Morgan fingerprint density at radius 1 is 0.688 bits per heavy atom. The Morgan fingerprint density at radius 3 is 1.66 bits per heavy atom. The summed E-state index contributed by atoms with van der Waals surface area (Å²) in [6, 6.07) is 0. The molecule has 1 fully saturated rings. The molecule has 0 spiro atoms. The Labute approximate surface area is 196 Å². The van der Waals surface area contributed by atoms with E-state index in [2.05, 4.69) is 27.7 Å². The van der Waals surface area contributed by atoms with Crippen molar-refractivity contribution >= 4 is 0 Å². The lowest BCUT2D eigenvalue weighted by molar-refractivity contribution is -0.286. The molecule has 0 aromatic carbocycles. The van der Waals surface area contributed by atoms with Crippen LogP contribution in [0.1, 0.15) is 86.0 Å². The average Bonchev–Trinajstić information content (AvgIpc) is 2.78. The summed E-state index contributed by atoms with van der Waals surface area (Å²) in [5.41, 5.74) is 0. The summed E-state index contributed by atoms with van der Waals surface area (Å²) >= 11 is 0. The second-order valence-corrected chi connectivity index (χ2v) is 8.87. The van der Waals surface area contributed by atoms with Crippen LogP contribution in [0.25, 0.3) is 0 Å². The van der Waals surface area contributed by atoms with E-state index in [0.29, 0.717) is 33.0 Å². The van der Waals surface area contributed by atoms with Crippen LogP contribution in [0.5, 0.6) is 0 Å². The molecule has 0 aromatic rings. The maximum Gasteiger partial charge on any atom is 0.115 e. The van der Waals surface area contributed by atoms with Gasteiger partial charge in [-0.1, -0.05) is 53.4 Å². The van der Waals surface area contributed by atoms with Crippen molar-refractivity contribution < 1.29 is 33.9 Å². The van der Waals surface area contributed by atoms with E-state index in [0.717, 1.165) is 51.4 Å². The highest BCUT2D eigenvalue weighted by molar-refractivity contribution is 4.99. The molecule has 7 nitrogen and oxygen atoms in total. The Hall–Kier alpha value is -0.280. The van der Waals surface area contributed by atoms with Crippen molar-refractivity contribution in [2.75, 3.05) is 33.0 Å². The third kappa shape index (κ3) is 10.3. The largest absolute Gasteiger partial charge is 0.391 e. The number of ether oxygens (including phenoxy) is 5. The zero-order valence-electron chi connectivity index (χ0n) is 21.2. The lowest BCUT2D eigenvalue weighted by Crippen LogP contribution is -2.65. The zero-order chi connectivity index (χ0) is 23.8. The summed E-state index contributed by atoms with van der Waals surface area (Å²) in [5.74, 6) is 0. The summed E-state index contributed by atoms with van der Waals surface area (Å²) in [6.07, 6.45) is 3.43. The summed E-state index contributed by atoms with van der Waals surface area (Å²) in [7, 11) is 0. The molecule has 32 heavy (non-hydrogen) atoms. The zero-order valence-corrected chi connectivity index (χ0v) is 21.2. The van der Waals surface area contributed by atoms with Crippen molar-refractivity contribution in [3.05, 3.63) is 0 Å². The van der Waals surface area contributed by atoms with Crippen LogP contribution < -0.4 is 0 Å². The van der Waals surface area contributed by atoms with Crippen LogP contribution in [0.4, 0.5) is 0 Å². The Bertz CT molecular complexity index is 435. The van der Waals surface area contributed by atoms with E-state index in [-0.39, 0.29) is 6.10 Å². The highest BCUT2D eigenvalue weighted by Gasteiger charge is 2.51. The van der Waals surface area contributed by atoms with E-state index >= 15 is 0 Å². The summed E-state index contributed by atoms with van der Waals surface area (Å²) in [5, 5.41) is 20.9. The van der Waals surface area contributed by atoms with Crippen LogP contribution in [0, 0.1) is 0 Å². The first-order valence-corrected chi connectivity index (χ1v) is 13.0. The van der Waals surface area contributed by atoms with Gasteiger partial charge in [-0.15, -0.1) is 0 Å². The highest BCUT2D eigenvalue weighted by atomic mass is 16.6. The molecule has 192 valence electrons. The fraction of sp³-hybridized carbons (Fsp3) is 1.00. The molecule has 0 aliphatic carbocycles. The quantitative estimate of drug-likeness (QED) is 0.282. The number of aliphatic hydroxyl groups excluding tert-OH is 2. The van der Waals surface area contributed by atoms with Gasteiger partial charge in [0.05, 0.1) is 12.7 Å². The Kier molecular flexibility index (Phi) is 16.8. The van der Waals surface area contributed by atoms with Crippen molar-refractivity contribution in [3.63, 3.8) is 0 Å². The number of rotatable bonds is 19. The highest BCUT2D eigenvalue weighted by Crippen LogP contribution is 2.31. The predicted octanol–water partition coefficient (Wildman–Crippen LogP) is 3.87. The normalized spacial score (nSPS) is 28.0. The van der Waals surface area contributed by atoms with Crippen LogP contribution in [0.2, 0.25) is 0 Å². The minimum absolute atomic E-state index is 0.356. The molecule has 1 saturated heterocycles. The van der Waals surface area contributed by atoms with Crippen LogP contribution >= 0.6 is 0 Å². The van der Waals surface area contributed by atoms with Gasteiger partial charge in [0, 0.05) is 26.4 Å². The lowest BCUT2D eigenvalue weighted by atomic mass is 9.90. The molecule has 1 heterocycles. The molecule has 1 aliphatic rings. The van der Waals surface area contributed by atoms with Gasteiger partial charge in [0.15, 0.2) is 0 Å². The molecule has 1 rings (SSSR count). The smallest absolute Gasteiger partial charge is 0.115 e. The first-order valence-electron chi connectivity index (χ1n) is 13.0. The SMILES string of the molecule is CCCCOCC1O[C@H]([C@@H](O)[C@@H](C)O)C(OCCCC)C(OCCCC)[C@@H]1OCCCC. The molecule has 7 heteroatoms. The van der Waals surface area contributed by atoms with Crippen molar-refractivity contribution in [1.82, 2.24) is 0 Å². The molecule has 0 bridgehead atoms. The van der Waals surface area contributed by atoms with Crippen LogP contribution in [0.3, 0.4) is 0 Å². The standard InChI is InChI=1S/C25H50O7/c1-6-10-14-28-18-20-22(29-15-11-7-2)24(30-16-12-8-3)25(31-17-13-9-4)23(32-20)21(27)19(5)26/h19-27H,6-18H2,1-5H3/t19-,20?,21+,22-,23-,24?,25?/m1/s1. The van der Waals surface area contributed by atoms with Gasteiger partial charge in [0.2, 0.25) is 0 Å². The van der Waals surface area contributed by atoms with Crippen molar-refractivity contribution in [2.45, 2.75) is 129 Å². The number of aliphatic hydroxyl groups is 2. The van der Waals surface area contributed by atoms with Gasteiger partial charge >= 0.3 is 0 Å². The van der Waals surface area contributed by atoms with E-state index in [9.17, 15) is 10.2 Å². The minimum atomic E-state index is -1.09. The van der Waals surface area contributed by atoms with E-state index in [1.54, 1.807) is 6.92 Å². The monoisotopic (exact) mass is 462 g/mol. The van der Waals surface area contributed by atoms with Gasteiger partial charge in [-0.25, -0.2) is 0 Å².